The summed E-state index contributed by atoms with van der Waals surface area (Å²) in [6.07, 6.45) is 4.43. The molecule has 0 spiro atoms. The van der Waals surface area contributed by atoms with Crippen LogP contribution in [-0.2, 0) is 16.5 Å². The van der Waals surface area contributed by atoms with E-state index < -0.39 is 0 Å². The van der Waals surface area contributed by atoms with Crippen LogP contribution in [0.2, 0.25) is 0 Å². The largest absolute Gasteiger partial charge is 0.251 e. The van der Waals surface area contributed by atoms with Crippen molar-refractivity contribution in [2.24, 2.45) is 9.98 Å². The van der Waals surface area contributed by atoms with Gasteiger partial charge in [-0.2, -0.15) is 0 Å². The van der Waals surface area contributed by atoms with Crippen molar-refractivity contribution in [1.82, 2.24) is 0 Å². The molecule has 2 aromatic carbocycles. The fourth-order valence-corrected chi connectivity index (χ4v) is 4.67. The van der Waals surface area contributed by atoms with Crippen LogP contribution < -0.4 is 0 Å². The minimum atomic E-state index is 0. The predicted molar refractivity (Wildman–Crippen MR) is 142 cm³/mol. The molecule has 0 amide bonds. The summed E-state index contributed by atoms with van der Waals surface area (Å²) in [6.45, 7) is 18.2. The number of nitrogens with zero attached hydrogens (tertiary/aromatic N) is 2. The third kappa shape index (κ3) is 6.45. The molecule has 0 unspecified atom stereocenters. The van der Waals surface area contributed by atoms with E-state index in [1.807, 2.05) is 0 Å². The molecule has 0 atom stereocenters. The first-order valence-corrected chi connectivity index (χ1v) is 12.6. The van der Waals surface area contributed by atoms with Crippen LogP contribution in [0.5, 0.6) is 0 Å². The van der Waals surface area contributed by atoms with Crippen molar-refractivity contribution in [1.29, 1.82) is 0 Å². The van der Waals surface area contributed by atoms with Gasteiger partial charge < -0.3 is 0 Å². The SMILES string of the molecule is CC(C)c1cccc(C(C)C)c1N=C1CCCCC1=Nc1c(C(C)C)cccc1C(C)C.[Ni]. The van der Waals surface area contributed by atoms with Crippen LogP contribution in [0.1, 0.15) is 127 Å². The van der Waals surface area contributed by atoms with Gasteiger partial charge in [0.05, 0.1) is 22.8 Å². The Bertz CT molecular complexity index is 862. The predicted octanol–water partition coefficient (Wildman–Crippen LogP) is 9.60. The summed E-state index contributed by atoms with van der Waals surface area (Å²) < 4.78 is 0. The Labute approximate surface area is 212 Å². The molecule has 0 aromatic heterocycles. The fourth-order valence-electron chi connectivity index (χ4n) is 4.67. The zero-order valence-corrected chi connectivity index (χ0v) is 22.8. The van der Waals surface area contributed by atoms with Crippen LogP contribution in [-0.4, -0.2) is 11.4 Å². The van der Waals surface area contributed by atoms with Gasteiger partial charge >= 0.3 is 0 Å². The maximum atomic E-state index is 5.37. The van der Waals surface area contributed by atoms with Gasteiger partial charge in [-0.15, -0.1) is 0 Å². The Morgan fingerprint density at radius 2 is 0.788 bits per heavy atom. The van der Waals surface area contributed by atoms with E-state index in [2.05, 4.69) is 91.8 Å². The summed E-state index contributed by atoms with van der Waals surface area (Å²) in [5.41, 5.74) is 10.1. The Balaban J connectivity index is 0.00000385. The van der Waals surface area contributed by atoms with E-state index in [1.54, 1.807) is 0 Å². The van der Waals surface area contributed by atoms with Crippen molar-refractivity contribution < 1.29 is 16.5 Å². The molecular formula is C30H42N2Ni. The van der Waals surface area contributed by atoms with E-state index >= 15 is 0 Å². The number of benzene rings is 2. The maximum Gasteiger partial charge on any atom is 0.0702 e. The molecule has 2 aromatic rings. The van der Waals surface area contributed by atoms with E-state index in [9.17, 15) is 0 Å². The first-order chi connectivity index (χ1) is 15.2. The Kier molecular flexibility index (Phi) is 10.1. The zero-order chi connectivity index (χ0) is 23.4. The number of hydrogen-bond donors (Lipinski definition) is 0. The molecule has 182 valence electrons. The molecule has 1 fully saturated rings. The van der Waals surface area contributed by atoms with E-state index in [4.69, 9.17) is 9.98 Å². The monoisotopic (exact) mass is 488 g/mol. The normalized spacial score (nSPS) is 17.0. The summed E-state index contributed by atoms with van der Waals surface area (Å²) >= 11 is 0. The molecule has 1 aliphatic rings. The van der Waals surface area contributed by atoms with Gasteiger partial charge in [0, 0.05) is 16.5 Å². The molecule has 1 saturated carbocycles. The van der Waals surface area contributed by atoms with Crippen LogP contribution in [0.15, 0.2) is 46.4 Å². The molecule has 0 aliphatic heterocycles. The van der Waals surface area contributed by atoms with Crippen molar-refractivity contribution in [2.75, 3.05) is 0 Å². The molecule has 2 nitrogen and oxygen atoms in total. The number of aliphatic imine (C=N–C) groups is 2. The van der Waals surface area contributed by atoms with Crippen molar-refractivity contribution in [3.8, 4) is 0 Å². The summed E-state index contributed by atoms with van der Waals surface area (Å²) in [6, 6.07) is 13.4. The molecular weight excluding hydrogens is 447 g/mol. The summed E-state index contributed by atoms with van der Waals surface area (Å²) in [7, 11) is 0. The third-order valence-corrected chi connectivity index (χ3v) is 6.59. The first kappa shape index (κ1) is 27.5. The second kappa shape index (κ2) is 12.1. The maximum absolute atomic E-state index is 5.37. The van der Waals surface area contributed by atoms with Crippen LogP contribution >= 0.6 is 0 Å². The summed E-state index contributed by atoms with van der Waals surface area (Å²) in [5, 5.41) is 0. The molecule has 0 bridgehead atoms. The van der Waals surface area contributed by atoms with E-state index in [0.717, 1.165) is 12.8 Å². The van der Waals surface area contributed by atoms with Crippen molar-refractivity contribution in [2.45, 2.75) is 105 Å². The van der Waals surface area contributed by atoms with E-state index in [1.165, 1.54) is 57.9 Å². The van der Waals surface area contributed by atoms with Gasteiger partial charge in [0.25, 0.3) is 0 Å². The molecule has 33 heavy (non-hydrogen) atoms. The Morgan fingerprint density at radius 3 is 1.03 bits per heavy atom. The van der Waals surface area contributed by atoms with Gasteiger partial charge in [0.2, 0.25) is 0 Å². The Morgan fingerprint density at radius 1 is 0.515 bits per heavy atom. The number of rotatable bonds is 6. The number of hydrogen-bond acceptors (Lipinski definition) is 2. The third-order valence-electron chi connectivity index (χ3n) is 6.59. The van der Waals surface area contributed by atoms with Gasteiger partial charge in [-0.25, -0.2) is 0 Å². The molecule has 0 N–H and O–H groups in total. The van der Waals surface area contributed by atoms with Gasteiger partial charge in [0.1, 0.15) is 0 Å². The van der Waals surface area contributed by atoms with Crippen LogP contribution in [0.4, 0.5) is 11.4 Å². The van der Waals surface area contributed by atoms with E-state index in [-0.39, 0.29) is 16.5 Å². The average Bonchev–Trinajstić information content (AvgIpc) is 2.74. The zero-order valence-electron chi connectivity index (χ0n) is 21.8. The average molecular weight is 489 g/mol. The molecule has 3 rings (SSSR count). The molecule has 0 radical (unpaired) electrons. The smallest absolute Gasteiger partial charge is 0.0702 e. The molecule has 1 aliphatic carbocycles. The minimum Gasteiger partial charge on any atom is -0.251 e. The van der Waals surface area contributed by atoms with Crippen molar-refractivity contribution in [3.63, 3.8) is 0 Å². The fraction of sp³-hybridized carbons (Fsp3) is 0.533. The molecule has 0 saturated heterocycles. The molecule has 3 heteroatoms. The summed E-state index contributed by atoms with van der Waals surface area (Å²) in [5.74, 6) is 1.80. The van der Waals surface area contributed by atoms with Crippen LogP contribution in [0.25, 0.3) is 0 Å². The van der Waals surface area contributed by atoms with Crippen molar-refractivity contribution in [3.05, 3.63) is 58.7 Å². The minimum absolute atomic E-state index is 0. The van der Waals surface area contributed by atoms with Crippen molar-refractivity contribution >= 4 is 22.8 Å². The van der Waals surface area contributed by atoms with Crippen LogP contribution in [0, 0.1) is 0 Å². The molecule has 0 heterocycles. The van der Waals surface area contributed by atoms with Gasteiger partial charge in [-0.3, -0.25) is 9.98 Å². The standard InChI is InChI=1S/C30H42N2.Ni/c1-19(2)23-13-11-14-24(20(3)4)29(23)31-27-17-9-10-18-28(27)32-30-25(21(5)6)15-12-16-26(30)22(7)8;/h11-16,19-22H,9-10,17-18H2,1-8H3;. The van der Waals surface area contributed by atoms with Crippen LogP contribution in [0.3, 0.4) is 0 Å². The van der Waals surface area contributed by atoms with Gasteiger partial charge in [-0.05, 0) is 71.6 Å². The summed E-state index contributed by atoms with van der Waals surface area (Å²) in [4.78, 5) is 10.7. The Hall–Kier alpha value is -1.73. The quantitative estimate of drug-likeness (QED) is 0.361. The van der Waals surface area contributed by atoms with Gasteiger partial charge in [0.15, 0.2) is 0 Å². The first-order valence-electron chi connectivity index (χ1n) is 12.6. The topological polar surface area (TPSA) is 24.7 Å². The van der Waals surface area contributed by atoms with Gasteiger partial charge in [-0.1, -0.05) is 91.8 Å². The second-order valence-electron chi connectivity index (χ2n) is 10.5. The second-order valence-corrected chi connectivity index (χ2v) is 10.5. The number of para-hydroxylation sites is 2. The van der Waals surface area contributed by atoms with E-state index in [0.29, 0.717) is 23.7 Å².